The Balaban J connectivity index is 1.62. The van der Waals surface area contributed by atoms with E-state index in [0.717, 1.165) is 22.6 Å². The van der Waals surface area contributed by atoms with Crippen LogP contribution in [0.3, 0.4) is 0 Å². The molecule has 0 aliphatic carbocycles. The number of likely N-dealkylation sites (N-methyl/N-ethyl adjacent to an activating group) is 1. The fraction of sp³-hybridized carbons (Fsp3) is 0.316. The van der Waals surface area contributed by atoms with E-state index in [0.29, 0.717) is 18.0 Å². The van der Waals surface area contributed by atoms with E-state index in [9.17, 15) is 4.79 Å². The van der Waals surface area contributed by atoms with Crippen LogP contribution in [0.25, 0.3) is 0 Å². The van der Waals surface area contributed by atoms with Crippen molar-refractivity contribution in [2.45, 2.75) is 12.5 Å². The van der Waals surface area contributed by atoms with Crippen LogP contribution in [0.2, 0.25) is 5.02 Å². The molecule has 6 heteroatoms. The zero-order valence-electron chi connectivity index (χ0n) is 14.3. The van der Waals surface area contributed by atoms with Gasteiger partial charge in [0.05, 0.1) is 12.5 Å². The van der Waals surface area contributed by atoms with Crippen molar-refractivity contribution >= 4 is 17.5 Å². The lowest BCUT2D eigenvalue weighted by molar-refractivity contribution is -0.120. The number of rotatable bonds is 6. The number of nitrogens with one attached hydrogen (secondary N) is 1. The van der Waals surface area contributed by atoms with E-state index in [2.05, 4.69) is 10.2 Å². The maximum atomic E-state index is 12.2. The summed E-state index contributed by atoms with van der Waals surface area (Å²) in [5.41, 5.74) is 2.01. The molecule has 0 aromatic heterocycles. The summed E-state index contributed by atoms with van der Waals surface area (Å²) >= 11 is 5.87. The summed E-state index contributed by atoms with van der Waals surface area (Å²) in [5.74, 6) is 1.49. The van der Waals surface area contributed by atoms with Gasteiger partial charge in [-0.2, -0.15) is 0 Å². The maximum Gasteiger partial charge on any atom is 0.231 e. The van der Waals surface area contributed by atoms with E-state index < -0.39 is 0 Å². The summed E-state index contributed by atoms with van der Waals surface area (Å²) in [6.45, 7) is 0.766. The average Bonchev–Trinajstić information content (AvgIpc) is 3.04. The van der Waals surface area contributed by atoms with Gasteiger partial charge in [-0.05, 0) is 49.5 Å². The van der Waals surface area contributed by atoms with Gasteiger partial charge in [-0.1, -0.05) is 29.8 Å². The highest BCUT2D eigenvalue weighted by Gasteiger charge is 2.20. The van der Waals surface area contributed by atoms with Crippen molar-refractivity contribution in [2.24, 2.45) is 0 Å². The molecule has 1 atom stereocenters. The second-order valence-corrected chi connectivity index (χ2v) is 6.64. The molecule has 0 spiro atoms. The van der Waals surface area contributed by atoms with Gasteiger partial charge in [0.2, 0.25) is 12.7 Å². The molecule has 1 aliphatic heterocycles. The lowest BCUT2D eigenvalue weighted by Gasteiger charge is -2.25. The molecule has 2 aromatic carbocycles. The highest BCUT2D eigenvalue weighted by atomic mass is 35.5. The van der Waals surface area contributed by atoms with E-state index in [1.165, 1.54) is 0 Å². The van der Waals surface area contributed by atoms with Gasteiger partial charge in [-0.25, -0.2) is 0 Å². The van der Waals surface area contributed by atoms with Crippen LogP contribution in [-0.4, -0.2) is 38.2 Å². The number of halogens is 1. The SMILES string of the molecule is CN(C)[C@@H](CNC(=O)Cc1ccc(Cl)cc1)c1ccc2c(c1)OCO2. The van der Waals surface area contributed by atoms with Gasteiger partial charge in [0, 0.05) is 11.6 Å². The molecule has 0 saturated carbocycles. The molecule has 132 valence electrons. The first kappa shape index (κ1) is 17.6. The van der Waals surface area contributed by atoms with Gasteiger partial charge in [0.15, 0.2) is 11.5 Å². The number of hydrogen-bond donors (Lipinski definition) is 1. The summed E-state index contributed by atoms with van der Waals surface area (Å²) in [7, 11) is 3.97. The minimum Gasteiger partial charge on any atom is -0.454 e. The summed E-state index contributed by atoms with van der Waals surface area (Å²) < 4.78 is 10.8. The molecule has 0 saturated heterocycles. The largest absolute Gasteiger partial charge is 0.454 e. The van der Waals surface area contributed by atoms with Crippen LogP contribution < -0.4 is 14.8 Å². The topological polar surface area (TPSA) is 50.8 Å². The highest BCUT2D eigenvalue weighted by Crippen LogP contribution is 2.34. The van der Waals surface area contributed by atoms with Crippen molar-refractivity contribution in [3.63, 3.8) is 0 Å². The molecule has 0 unspecified atom stereocenters. The predicted molar refractivity (Wildman–Crippen MR) is 97.2 cm³/mol. The first-order valence-corrected chi connectivity index (χ1v) is 8.48. The Morgan fingerprint density at radius 3 is 2.60 bits per heavy atom. The average molecular weight is 361 g/mol. The van der Waals surface area contributed by atoms with Gasteiger partial charge >= 0.3 is 0 Å². The number of benzene rings is 2. The van der Waals surface area contributed by atoms with Gasteiger partial charge < -0.3 is 19.7 Å². The molecule has 0 radical (unpaired) electrons. The molecule has 0 bridgehead atoms. The number of fused-ring (bicyclic) bond motifs is 1. The molecule has 5 nitrogen and oxygen atoms in total. The molecular weight excluding hydrogens is 340 g/mol. The van der Waals surface area contributed by atoms with Gasteiger partial charge in [0.25, 0.3) is 0 Å². The zero-order chi connectivity index (χ0) is 17.8. The number of nitrogens with zero attached hydrogens (tertiary/aromatic N) is 1. The van der Waals surface area contributed by atoms with Crippen LogP contribution in [0.1, 0.15) is 17.2 Å². The first-order valence-electron chi connectivity index (χ1n) is 8.10. The molecule has 0 fully saturated rings. The maximum absolute atomic E-state index is 12.2. The molecule has 25 heavy (non-hydrogen) atoms. The van der Waals surface area contributed by atoms with Gasteiger partial charge in [-0.3, -0.25) is 4.79 Å². The fourth-order valence-corrected chi connectivity index (χ4v) is 2.91. The van der Waals surface area contributed by atoms with Crippen LogP contribution in [0, 0.1) is 0 Å². The zero-order valence-corrected chi connectivity index (χ0v) is 15.0. The molecule has 1 aliphatic rings. The number of hydrogen-bond acceptors (Lipinski definition) is 4. The van der Waals surface area contributed by atoms with Crippen LogP contribution in [-0.2, 0) is 11.2 Å². The van der Waals surface area contributed by atoms with Crippen LogP contribution >= 0.6 is 11.6 Å². The number of carbonyl (C=O) groups excluding carboxylic acids is 1. The van der Waals surface area contributed by atoms with E-state index in [4.69, 9.17) is 21.1 Å². The molecule has 1 N–H and O–H groups in total. The number of carbonyl (C=O) groups is 1. The third-order valence-electron chi connectivity index (χ3n) is 4.18. The van der Waals surface area contributed by atoms with E-state index in [1.54, 1.807) is 12.1 Å². The second kappa shape index (κ2) is 7.76. The lowest BCUT2D eigenvalue weighted by atomic mass is 10.0. The Kier molecular flexibility index (Phi) is 5.46. The highest BCUT2D eigenvalue weighted by molar-refractivity contribution is 6.30. The lowest BCUT2D eigenvalue weighted by Crippen LogP contribution is -2.35. The third kappa shape index (κ3) is 4.44. The van der Waals surface area contributed by atoms with Crippen molar-refractivity contribution in [3.05, 3.63) is 58.6 Å². The van der Waals surface area contributed by atoms with Gasteiger partial charge in [0.1, 0.15) is 0 Å². The molecule has 3 rings (SSSR count). The van der Waals surface area contributed by atoms with E-state index >= 15 is 0 Å². The Hall–Kier alpha value is -2.24. The van der Waals surface area contributed by atoms with Crippen LogP contribution in [0.4, 0.5) is 0 Å². The third-order valence-corrected chi connectivity index (χ3v) is 4.43. The number of ether oxygens (including phenoxy) is 2. The number of amides is 1. The van der Waals surface area contributed by atoms with Crippen molar-refractivity contribution in [1.29, 1.82) is 0 Å². The minimum absolute atomic E-state index is 0.0186. The summed E-state index contributed by atoms with van der Waals surface area (Å²) in [6, 6.07) is 13.2. The second-order valence-electron chi connectivity index (χ2n) is 6.20. The standard InChI is InChI=1S/C19H21ClN2O3/c1-22(2)16(14-5-8-17-18(10-14)25-12-24-17)11-21-19(23)9-13-3-6-15(20)7-4-13/h3-8,10,16H,9,11-12H2,1-2H3,(H,21,23)/t16-/m0/s1. The van der Waals surface area contributed by atoms with Crippen LogP contribution in [0.15, 0.2) is 42.5 Å². The fourth-order valence-electron chi connectivity index (χ4n) is 2.78. The Morgan fingerprint density at radius 1 is 1.16 bits per heavy atom. The summed E-state index contributed by atoms with van der Waals surface area (Å²) in [6.07, 6.45) is 0.332. The van der Waals surface area contributed by atoms with Gasteiger partial charge in [-0.15, -0.1) is 0 Å². The summed E-state index contributed by atoms with van der Waals surface area (Å²) in [5, 5.41) is 3.67. The normalized spacial score (nSPS) is 13.8. The van der Waals surface area contributed by atoms with Crippen molar-refractivity contribution < 1.29 is 14.3 Å². The van der Waals surface area contributed by atoms with Crippen molar-refractivity contribution in [3.8, 4) is 11.5 Å². The van der Waals surface area contributed by atoms with Crippen molar-refractivity contribution in [1.82, 2.24) is 10.2 Å². The molecule has 2 aromatic rings. The van der Waals surface area contributed by atoms with Crippen molar-refractivity contribution in [2.75, 3.05) is 27.4 Å². The Morgan fingerprint density at radius 2 is 1.88 bits per heavy atom. The molecular formula is C19H21ClN2O3. The Labute approximate surface area is 152 Å². The quantitative estimate of drug-likeness (QED) is 0.860. The smallest absolute Gasteiger partial charge is 0.231 e. The predicted octanol–water partition coefficient (Wildman–Crippen LogP) is 3.03. The van der Waals surface area contributed by atoms with Crippen LogP contribution in [0.5, 0.6) is 11.5 Å². The molecule has 1 amide bonds. The van der Waals surface area contributed by atoms with E-state index in [-0.39, 0.29) is 18.7 Å². The minimum atomic E-state index is -0.0186. The first-order chi connectivity index (χ1) is 12.0. The Bertz CT molecular complexity index is 747. The monoisotopic (exact) mass is 360 g/mol. The molecule has 1 heterocycles. The summed E-state index contributed by atoms with van der Waals surface area (Å²) in [4.78, 5) is 14.3. The van der Waals surface area contributed by atoms with E-state index in [1.807, 2.05) is 44.4 Å².